The van der Waals surface area contributed by atoms with Crippen molar-refractivity contribution in [1.82, 2.24) is 0 Å². The molecule has 1 aromatic carbocycles. The molecule has 0 amide bonds. The van der Waals surface area contributed by atoms with Crippen molar-refractivity contribution in [3.05, 3.63) is 18.2 Å². The lowest BCUT2D eigenvalue weighted by Crippen LogP contribution is -2.18. The first kappa shape index (κ1) is 15.0. The second-order valence-electron chi connectivity index (χ2n) is 4.57. The van der Waals surface area contributed by atoms with E-state index >= 15 is 0 Å². The molecule has 0 radical (unpaired) electrons. The molecule has 1 N–H and O–H groups in total. The van der Waals surface area contributed by atoms with Crippen molar-refractivity contribution in [3.8, 4) is 11.5 Å². The molecule has 1 aromatic rings. The van der Waals surface area contributed by atoms with Gasteiger partial charge >= 0.3 is 0 Å². The molecule has 0 spiro atoms. The zero-order chi connectivity index (χ0) is 14.4. The molecule has 1 unspecified atom stereocenters. The second-order valence-corrected chi connectivity index (χ2v) is 5.66. The molecular formula is C15H22N2O2S. The smallest absolute Gasteiger partial charge is 0.163 e. The van der Waals surface area contributed by atoms with Gasteiger partial charge in [-0.3, -0.25) is 4.99 Å². The topological polar surface area (TPSA) is 42.8 Å². The summed E-state index contributed by atoms with van der Waals surface area (Å²) in [7, 11) is 0. The van der Waals surface area contributed by atoms with Gasteiger partial charge in [0.15, 0.2) is 16.7 Å². The molecule has 1 heterocycles. The summed E-state index contributed by atoms with van der Waals surface area (Å²) in [6.45, 7) is 7.34. The molecule has 0 saturated heterocycles. The first-order chi connectivity index (χ1) is 9.72. The number of hydrogen-bond donors (Lipinski definition) is 1. The zero-order valence-corrected chi connectivity index (χ0v) is 13.1. The van der Waals surface area contributed by atoms with Crippen LogP contribution in [0.25, 0.3) is 0 Å². The largest absolute Gasteiger partial charge is 0.490 e. The van der Waals surface area contributed by atoms with Gasteiger partial charge < -0.3 is 14.8 Å². The average molecular weight is 294 g/mol. The molecule has 0 aliphatic carbocycles. The standard InChI is InChI=1S/C15H22N2O2S/c1-4-18-13-7-6-12(10-14(13)19-5-2)17-15-16-11(3)8-9-20-15/h6-7,10-11H,4-5,8-9H2,1-3H3,(H,16,17). The summed E-state index contributed by atoms with van der Waals surface area (Å²) in [6, 6.07) is 6.30. The van der Waals surface area contributed by atoms with Crippen LogP contribution in [0.2, 0.25) is 0 Å². The molecule has 0 saturated carbocycles. The Morgan fingerprint density at radius 3 is 2.70 bits per heavy atom. The van der Waals surface area contributed by atoms with Gasteiger partial charge in [0.05, 0.1) is 19.3 Å². The summed E-state index contributed by atoms with van der Waals surface area (Å²) >= 11 is 1.76. The number of rotatable bonds is 5. The maximum absolute atomic E-state index is 5.63. The summed E-state index contributed by atoms with van der Waals surface area (Å²) < 4.78 is 11.2. The lowest BCUT2D eigenvalue weighted by atomic mass is 10.2. The first-order valence-corrected chi connectivity index (χ1v) is 8.08. The van der Waals surface area contributed by atoms with E-state index in [-0.39, 0.29) is 0 Å². The number of amidine groups is 1. The van der Waals surface area contributed by atoms with E-state index in [0.717, 1.165) is 34.5 Å². The predicted molar refractivity (Wildman–Crippen MR) is 86.4 cm³/mol. The monoisotopic (exact) mass is 294 g/mol. The molecule has 110 valence electrons. The Kier molecular flexibility index (Phi) is 5.59. The number of ether oxygens (including phenoxy) is 2. The van der Waals surface area contributed by atoms with Crippen LogP contribution < -0.4 is 14.8 Å². The van der Waals surface area contributed by atoms with E-state index in [0.29, 0.717) is 19.3 Å². The van der Waals surface area contributed by atoms with Gasteiger partial charge in [-0.15, -0.1) is 0 Å². The third kappa shape index (κ3) is 4.07. The van der Waals surface area contributed by atoms with E-state index in [1.807, 2.05) is 32.0 Å². The second kappa shape index (κ2) is 7.43. The zero-order valence-electron chi connectivity index (χ0n) is 12.3. The van der Waals surface area contributed by atoms with Crippen molar-refractivity contribution in [2.24, 2.45) is 4.99 Å². The van der Waals surface area contributed by atoms with E-state index in [1.54, 1.807) is 11.8 Å². The highest BCUT2D eigenvalue weighted by atomic mass is 32.2. The minimum Gasteiger partial charge on any atom is -0.490 e. The molecule has 0 bridgehead atoms. The normalized spacial score (nSPS) is 18.4. The highest BCUT2D eigenvalue weighted by Gasteiger charge is 2.13. The van der Waals surface area contributed by atoms with Gasteiger partial charge in [0.2, 0.25) is 0 Å². The highest BCUT2D eigenvalue weighted by Crippen LogP contribution is 2.31. The quantitative estimate of drug-likeness (QED) is 0.897. The van der Waals surface area contributed by atoms with Gasteiger partial charge in [0.1, 0.15) is 0 Å². The van der Waals surface area contributed by atoms with E-state index in [9.17, 15) is 0 Å². The fourth-order valence-electron chi connectivity index (χ4n) is 1.95. The summed E-state index contributed by atoms with van der Waals surface area (Å²) in [6.07, 6.45) is 1.14. The van der Waals surface area contributed by atoms with E-state index < -0.39 is 0 Å². The van der Waals surface area contributed by atoms with Gasteiger partial charge in [-0.1, -0.05) is 11.8 Å². The van der Waals surface area contributed by atoms with Crippen LogP contribution in [-0.2, 0) is 0 Å². The van der Waals surface area contributed by atoms with Gasteiger partial charge in [-0.25, -0.2) is 0 Å². The van der Waals surface area contributed by atoms with Crippen LogP contribution in [0.4, 0.5) is 5.69 Å². The lowest BCUT2D eigenvalue weighted by molar-refractivity contribution is 0.288. The minimum atomic E-state index is 0.396. The van der Waals surface area contributed by atoms with Crippen LogP contribution in [0.5, 0.6) is 11.5 Å². The lowest BCUT2D eigenvalue weighted by Gasteiger charge is -2.18. The third-order valence-corrected chi connectivity index (χ3v) is 3.83. The molecule has 0 fully saturated rings. The summed E-state index contributed by atoms with van der Waals surface area (Å²) in [5.74, 6) is 2.67. The number of nitrogens with zero attached hydrogens (tertiary/aromatic N) is 1. The number of thioether (sulfide) groups is 1. The van der Waals surface area contributed by atoms with Crippen molar-refractivity contribution in [3.63, 3.8) is 0 Å². The average Bonchev–Trinajstić information content (AvgIpc) is 2.42. The Morgan fingerprint density at radius 1 is 1.25 bits per heavy atom. The van der Waals surface area contributed by atoms with Crippen molar-refractivity contribution in [1.29, 1.82) is 0 Å². The summed E-state index contributed by atoms with van der Waals surface area (Å²) in [5, 5.41) is 4.34. The van der Waals surface area contributed by atoms with Crippen LogP contribution in [0.15, 0.2) is 23.2 Å². The molecule has 1 aliphatic rings. The van der Waals surface area contributed by atoms with E-state index in [4.69, 9.17) is 9.47 Å². The summed E-state index contributed by atoms with van der Waals surface area (Å²) in [5.41, 5.74) is 0.984. The fourth-order valence-corrected chi connectivity index (χ4v) is 3.05. The van der Waals surface area contributed by atoms with Crippen molar-refractivity contribution in [2.75, 3.05) is 24.3 Å². The fraction of sp³-hybridized carbons (Fsp3) is 0.533. The molecule has 1 aliphatic heterocycles. The number of benzene rings is 1. The Morgan fingerprint density at radius 2 is 2.00 bits per heavy atom. The van der Waals surface area contributed by atoms with E-state index in [2.05, 4.69) is 17.2 Å². The molecule has 4 nitrogen and oxygen atoms in total. The van der Waals surface area contributed by atoms with Crippen molar-refractivity contribution in [2.45, 2.75) is 33.2 Å². The van der Waals surface area contributed by atoms with Gasteiger partial charge in [-0.05, 0) is 39.3 Å². The maximum Gasteiger partial charge on any atom is 0.163 e. The Hall–Kier alpha value is -1.36. The molecular weight excluding hydrogens is 272 g/mol. The SMILES string of the molecule is CCOc1ccc(NC2=NC(C)CCS2)cc1OCC. The Bertz CT molecular complexity index is 477. The molecule has 20 heavy (non-hydrogen) atoms. The molecule has 2 rings (SSSR count). The Balaban J connectivity index is 2.13. The van der Waals surface area contributed by atoms with Crippen molar-refractivity contribution < 1.29 is 9.47 Å². The van der Waals surface area contributed by atoms with Crippen LogP contribution in [0.3, 0.4) is 0 Å². The third-order valence-electron chi connectivity index (χ3n) is 2.91. The Labute approximate surface area is 125 Å². The number of anilines is 1. The molecule has 0 aromatic heterocycles. The van der Waals surface area contributed by atoms with Crippen LogP contribution in [0, 0.1) is 0 Å². The summed E-state index contributed by atoms with van der Waals surface area (Å²) in [4.78, 5) is 4.61. The molecule has 1 atom stereocenters. The van der Waals surface area contributed by atoms with Crippen LogP contribution >= 0.6 is 11.8 Å². The van der Waals surface area contributed by atoms with E-state index in [1.165, 1.54) is 0 Å². The van der Waals surface area contributed by atoms with Crippen LogP contribution in [0.1, 0.15) is 27.2 Å². The maximum atomic E-state index is 5.63. The number of aliphatic imine (C=N–C) groups is 1. The van der Waals surface area contributed by atoms with Gasteiger partial charge in [0.25, 0.3) is 0 Å². The van der Waals surface area contributed by atoms with Crippen LogP contribution in [-0.4, -0.2) is 30.2 Å². The minimum absolute atomic E-state index is 0.396. The number of hydrogen-bond acceptors (Lipinski definition) is 5. The highest BCUT2D eigenvalue weighted by molar-refractivity contribution is 8.14. The molecule has 5 heteroatoms. The number of nitrogens with one attached hydrogen (secondary N) is 1. The van der Waals surface area contributed by atoms with Crippen molar-refractivity contribution >= 4 is 22.6 Å². The predicted octanol–water partition coefficient (Wildman–Crippen LogP) is 3.78. The van der Waals surface area contributed by atoms with Gasteiger partial charge in [-0.2, -0.15) is 0 Å². The van der Waals surface area contributed by atoms with Gasteiger partial charge in [0, 0.05) is 17.5 Å². The first-order valence-electron chi connectivity index (χ1n) is 7.10.